The summed E-state index contributed by atoms with van der Waals surface area (Å²) in [6.45, 7) is 1.88. The lowest BCUT2D eigenvalue weighted by atomic mass is 10.0. The Morgan fingerprint density at radius 1 is 0.941 bits per heavy atom. The third-order valence-corrected chi connectivity index (χ3v) is 5.04. The zero-order valence-electron chi connectivity index (χ0n) is 18.2. The van der Waals surface area contributed by atoms with Gasteiger partial charge in [0.15, 0.2) is 0 Å². The first-order valence-corrected chi connectivity index (χ1v) is 10.2. The summed E-state index contributed by atoms with van der Waals surface area (Å²) in [6, 6.07) is 10.3. The summed E-state index contributed by atoms with van der Waals surface area (Å²) in [7, 11) is 1.77. The molecule has 0 spiro atoms. The molecule has 0 aliphatic rings. The fraction of sp³-hybridized carbons (Fsp3) is 0.125. The molecule has 2 N–H and O–H groups in total. The van der Waals surface area contributed by atoms with Crippen LogP contribution in [0.15, 0.2) is 67.3 Å². The fourth-order valence-corrected chi connectivity index (χ4v) is 3.26. The van der Waals surface area contributed by atoms with Gasteiger partial charge in [-0.2, -0.15) is 13.2 Å². The number of halogens is 3. The van der Waals surface area contributed by atoms with E-state index in [1.807, 2.05) is 19.1 Å². The van der Waals surface area contributed by atoms with E-state index in [0.29, 0.717) is 34.5 Å². The number of nitrogens with zero attached hydrogens (tertiary/aromatic N) is 4. The summed E-state index contributed by atoms with van der Waals surface area (Å²) < 4.78 is 38.9. The summed E-state index contributed by atoms with van der Waals surface area (Å²) in [4.78, 5) is 29.5. The molecule has 0 aliphatic carbocycles. The van der Waals surface area contributed by atoms with Crippen molar-refractivity contribution in [2.75, 3.05) is 17.7 Å². The predicted octanol–water partition coefficient (Wildman–Crippen LogP) is 5.22. The van der Waals surface area contributed by atoms with E-state index in [9.17, 15) is 18.0 Å². The van der Waals surface area contributed by atoms with Crippen LogP contribution in [0.25, 0.3) is 22.5 Å². The lowest BCUT2D eigenvalue weighted by Crippen LogP contribution is -2.15. The van der Waals surface area contributed by atoms with E-state index in [4.69, 9.17) is 4.98 Å². The van der Waals surface area contributed by atoms with Gasteiger partial charge in [-0.05, 0) is 48.9 Å². The van der Waals surface area contributed by atoms with Gasteiger partial charge in [-0.1, -0.05) is 6.07 Å². The van der Waals surface area contributed by atoms with Gasteiger partial charge in [0.1, 0.15) is 11.5 Å². The van der Waals surface area contributed by atoms with Crippen molar-refractivity contribution in [1.29, 1.82) is 0 Å². The van der Waals surface area contributed by atoms with Gasteiger partial charge in [0.05, 0.1) is 29.3 Å². The van der Waals surface area contributed by atoms with Crippen LogP contribution in [0.5, 0.6) is 0 Å². The number of hydrogen-bond donors (Lipinski definition) is 2. The van der Waals surface area contributed by atoms with Gasteiger partial charge in [0.2, 0.25) is 0 Å². The van der Waals surface area contributed by atoms with E-state index in [0.717, 1.165) is 23.4 Å². The molecular formula is C24H19F3N6O. The second-order valence-corrected chi connectivity index (χ2v) is 7.38. The van der Waals surface area contributed by atoms with Crippen molar-refractivity contribution in [2.24, 2.45) is 0 Å². The highest BCUT2D eigenvalue weighted by Gasteiger charge is 2.31. The lowest BCUT2D eigenvalue weighted by Gasteiger charge is -2.12. The summed E-state index contributed by atoms with van der Waals surface area (Å²) in [5.74, 6) is -0.0640. The van der Waals surface area contributed by atoms with Crippen LogP contribution in [0.4, 0.5) is 24.7 Å². The maximum absolute atomic E-state index is 13.0. The van der Waals surface area contributed by atoms with Crippen molar-refractivity contribution in [3.05, 3.63) is 84.1 Å². The highest BCUT2D eigenvalue weighted by atomic mass is 19.4. The minimum Gasteiger partial charge on any atom is -0.373 e. The van der Waals surface area contributed by atoms with Crippen molar-refractivity contribution in [1.82, 2.24) is 19.9 Å². The number of carbonyl (C=O) groups is 1. The number of hydrogen-bond acceptors (Lipinski definition) is 6. The smallest absolute Gasteiger partial charge is 0.373 e. The predicted molar refractivity (Wildman–Crippen MR) is 122 cm³/mol. The van der Waals surface area contributed by atoms with Crippen molar-refractivity contribution in [2.45, 2.75) is 13.1 Å². The second-order valence-electron chi connectivity index (χ2n) is 7.38. The lowest BCUT2D eigenvalue weighted by molar-refractivity contribution is -0.137. The van der Waals surface area contributed by atoms with Gasteiger partial charge in [-0.3, -0.25) is 14.8 Å². The molecule has 172 valence electrons. The van der Waals surface area contributed by atoms with Gasteiger partial charge in [-0.25, -0.2) is 9.97 Å². The van der Waals surface area contributed by atoms with Crippen LogP contribution in [0.1, 0.15) is 21.6 Å². The highest BCUT2D eigenvalue weighted by molar-refractivity contribution is 6.03. The highest BCUT2D eigenvalue weighted by Crippen LogP contribution is 2.30. The number of nitrogens with one attached hydrogen (secondary N) is 2. The standard InChI is InChI=1S/C24H19F3N6O/c1-14-3-4-17(32-23(34)19-10-16(6-8-30-19)24(25,26)27)11-18(14)21-13-29-12-20(33-21)15-5-7-31-22(9-15)28-2/h3-13H,1-2H3,(H,28,31)(H,32,34). The maximum atomic E-state index is 13.0. The van der Waals surface area contributed by atoms with Gasteiger partial charge in [-0.15, -0.1) is 0 Å². The van der Waals surface area contributed by atoms with E-state index in [1.165, 1.54) is 0 Å². The normalized spacial score (nSPS) is 11.2. The largest absolute Gasteiger partial charge is 0.416 e. The topological polar surface area (TPSA) is 92.7 Å². The number of alkyl halides is 3. The molecule has 0 radical (unpaired) electrons. The molecule has 0 atom stereocenters. The zero-order chi connectivity index (χ0) is 24.3. The number of amides is 1. The van der Waals surface area contributed by atoms with Crippen LogP contribution in [0.2, 0.25) is 0 Å². The molecule has 0 saturated heterocycles. The molecule has 4 rings (SSSR count). The molecule has 0 fully saturated rings. The van der Waals surface area contributed by atoms with Crippen LogP contribution in [0.3, 0.4) is 0 Å². The quantitative estimate of drug-likeness (QED) is 0.421. The molecular weight excluding hydrogens is 445 g/mol. The molecule has 34 heavy (non-hydrogen) atoms. The SMILES string of the molecule is CNc1cc(-c2cncc(-c3cc(NC(=O)c4cc(C(F)(F)F)ccn4)ccc3C)n2)ccn1. The molecule has 1 aromatic carbocycles. The number of carbonyl (C=O) groups excluding carboxylic acids is 1. The third kappa shape index (κ3) is 5.01. The molecule has 3 heterocycles. The van der Waals surface area contributed by atoms with E-state index < -0.39 is 17.6 Å². The molecule has 1 amide bonds. The average molecular weight is 464 g/mol. The molecule has 0 bridgehead atoms. The maximum Gasteiger partial charge on any atom is 0.416 e. The Morgan fingerprint density at radius 2 is 1.71 bits per heavy atom. The fourth-order valence-electron chi connectivity index (χ4n) is 3.26. The van der Waals surface area contributed by atoms with Crippen molar-refractivity contribution in [3.63, 3.8) is 0 Å². The monoisotopic (exact) mass is 464 g/mol. The van der Waals surface area contributed by atoms with E-state index in [1.54, 1.807) is 43.8 Å². The minimum absolute atomic E-state index is 0.336. The van der Waals surface area contributed by atoms with Crippen LogP contribution in [-0.4, -0.2) is 32.9 Å². The minimum atomic E-state index is -4.57. The Morgan fingerprint density at radius 3 is 2.47 bits per heavy atom. The molecule has 0 saturated carbocycles. The molecule has 0 unspecified atom stereocenters. The Balaban J connectivity index is 1.63. The Kier molecular flexibility index (Phi) is 6.22. The van der Waals surface area contributed by atoms with E-state index in [-0.39, 0.29) is 5.69 Å². The third-order valence-electron chi connectivity index (χ3n) is 5.04. The molecule has 0 aliphatic heterocycles. The van der Waals surface area contributed by atoms with E-state index in [2.05, 4.69) is 25.6 Å². The number of rotatable bonds is 5. The Bertz CT molecular complexity index is 1360. The van der Waals surface area contributed by atoms with Crippen LogP contribution in [-0.2, 0) is 6.18 Å². The number of anilines is 2. The van der Waals surface area contributed by atoms with Crippen molar-refractivity contribution < 1.29 is 18.0 Å². The van der Waals surface area contributed by atoms with Crippen LogP contribution >= 0.6 is 0 Å². The molecule has 3 aromatic heterocycles. The number of aromatic nitrogens is 4. The van der Waals surface area contributed by atoms with Gasteiger partial charge >= 0.3 is 6.18 Å². The zero-order valence-corrected chi connectivity index (χ0v) is 18.2. The summed E-state index contributed by atoms with van der Waals surface area (Å²) in [5.41, 5.74) is 2.74. The van der Waals surface area contributed by atoms with E-state index >= 15 is 0 Å². The Hall–Kier alpha value is -4.34. The molecule has 10 heteroatoms. The van der Waals surface area contributed by atoms with Crippen LogP contribution < -0.4 is 10.6 Å². The Labute approximate surface area is 193 Å². The molecule has 4 aromatic rings. The average Bonchev–Trinajstić information content (AvgIpc) is 2.85. The van der Waals surface area contributed by atoms with Crippen molar-refractivity contribution >= 4 is 17.4 Å². The second kappa shape index (κ2) is 9.26. The molecule has 7 nitrogen and oxygen atoms in total. The van der Waals surface area contributed by atoms with Gasteiger partial charge in [0.25, 0.3) is 5.91 Å². The first-order valence-electron chi connectivity index (χ1n) is 10.2. The summed E-state index contributed by atoms with van der Waals surface area (Å²) >= 11 is 0. The first kappa shape index (κ1) is 22.8. The number of pyridine rings is 2. The van der Waals surface area contributed by atoms with Crippen molar-refractivity contribution in [3.8, 4) is 22.5 Å². The van der Waals surface area contributed by atoms with Gasteiger partial charge < -0.3 is 10.6 Å². The van der Waals surface area contributed by atoms with Gasteiger partial charge in [0, 0.05) is 36.3 Å². The van der Waals surface area contributed by atoms with Crippen LogP contribution in [0, 0.1) is 6.92 Å². The summed E-state index contributed by atoms with van der Waals surface area (Å²) in [5, 5.41) is 5.58. The number of benzene rings is 1. The first-order chi connectivity index (χ1) is 16.2. The number of aryl methyl sites for hydroxylation is 1. The summed E-state index contributed by atoms with van der Waals surface area (Å²) in [6.07, 6.45) is 1.29.